The van der Waals surface area contributed by atoms with E-state index in [0.29, 0.717) is 34.8 Å². The van der Waals surface area contributed by atoms with Crippen molar-refractivity contribution in [3.63, 3.8) is 0 Å². The minimum absolute atomic E-state index is 0.00354. The SMILES string of the molecule is Cc1nn(Cc2ccc(C(=O)NNC(=O)c3ccc(OC(C)C)cc3)cc2)c(C)c1[N+](=O)[O-]. The molecule has 0 aliphatic carbocycles. The maximum atomic E-state index is 12.4. The number of aryl methyl sites for hydroxylation is 1. The Morgan fingerprint density at radius 2 is 1.52 bits per heavy atom. The first-order valence-corrected chi connectivity index (χ1v) is 10.3. The third-order valence-electron chi connectivity index (χ3n) is 4.85. The van der Waals surface area contributed by atoms with Crippen LogP contribution in [-0.2, 0) is 6.54 Å². The summed E-state index contributed by atoms with van der Waals surface area (Å²) >= 11 is 0. The van der Waals surface area contributed by atoms with E-state index in [1.165, 1.54) is 0 Å². The van der Waals surface area contributed by atoms with E-state index in [9.17, 15) is 19.7 Å². The number of hydrazine groups is 1. The monoisotopic (exact) mass is 451 g/mol. The number of ether oxygens (including phenoxy) is 1. The summed E-state index contributed by atoms with van der Waals surface area (Å²) in [5.41, 5.74) is 7.13. The number of carbonyl (C=O) groups excluding carboxylic acids is 2. The highest BCUT2D eigenvalue weighted by Crippen LogP contribution is 2.22. The minimum Gasteiger partial charge on any atom is -0.491 e. The van der Waals surface area contributed by atoms with Gasteiger partial charge in [-0.15, -0.1) is 0 Å². The molecule has 3 rings (SSSR count). The largest absolute Gasteiger partial charge is 0.491 e. The third kappa shape index (κ3) is 5.73. The van der Waals surface area contributed by atoms with Crippen LogP contribution in [0.25, 0.3) is 0 Å². The van der Waals surface area contributed by atoms with Crippen LogP contribution < -0.4 is 15.6 Å². The van der Waals surface area contributed by atoms with Crippen molar-refractivity contribution in [2.24, 2.45) is 0 Å². The minimum atomic E-state index is -0.476. The number of aromatic nitrogens is 2. The molecule has 33 heavy (non-hydrogen) atoms. The summed E-state index contributed by atoms with van der Waals surface area (Å²) < 4.78 is 7.10. The molecule has 0 saturated carbocycles. The molecule has 0 saturated heterocycles. The lowest BCUT2D eigenvalue weighted by molar-refractivity contribution is -0.386. The van der Waals surface area contributed by atoms with E-state index >= 15 is 0 Å². The predicted octanol–water partition coefficient (Wildman–Crippen LogP) is 3.32. The third-order valence-corrected chi connectivity index (χ3v) is 4.85. The number of hydrogen-bond acceptors (Lipinski definition) is 6. The van der Waals surface area contributed by atoms with Gasteiger partial charge in [0.05, 0.1) is 17.6 Å². The smallest absolute Gasteiger partial charge is 0.312 e. The molecular weight excluding hydrogens is 426 g/mol. The van der Waals surface area contributed by atoms with Crippen molar-refractivity contribution in [2.75, 3.05) is 0 Å². The van der Waals surface area contributed by atoms with Crippen molar-refractivity contribution in [3.8, 4) is 5.75 Å². The van der Waals surface area contributed by atoms with E-state index in [2.05, 4.69) is 16.0 Å². The van der Waals surface area contributed by atoms with Gasteiger partial charge in [-0.05, 0) is 69.7 Å². The first kappa shape index (κ1) is 23.5. The van der Waals surface area contributed by atoms with Crippen LogP contribution in [0.2, 0.25) is 0 Å². The van der Waals surface area contributed by atoms with Crippen molar-refractivity contribution in [2.45, 2.75) is 40.3 Å². The van der Waals surface area contributed by atoms with Gasteiger partial charge in [0.15, 0.2) is 0 Å². The van der Waals surface area contributed by atoms with Crippen molar-refractivity contribution >= 4 is 17.5 Å². The van der Waals surface area contributed by atoms with Crippen LogP contribution in [0.15, 0.2) is 48.5 Å². The van der Waals surface area contributed by atoms with E-state index in [4.69, 9.17) is 4.74 Å². The highest BCUT2D eigenvalue weighted by molar-refractivity contribution is 5.99. The Balaban J connectivity index is 1.58. The van der Waals surface area contributed by atoms with Gasteiger partial charge in [-0.1, -0.05) is 12.1 Å². The Morgan fingerprint density at radius 3 is 1.97 bits per heavy atom. The normalized spacial score (nSPS) is 10.7. The predicted molar refractivity (Wildman–Crippen MR) is 121 cm³/mol. The summed E-state index contributed by atoms with van der Waals surface area (Å²) in [5.74, 6) is -0.278. The molecule has 2 aromatic carbocycles. The summed E-state index contributed by atoms with van der Waals surface area (Å²) in [6.07, 6.45) is 0.0292. The molecule has 0 aliphatic heterocycles. The maximum Gasteiger partial charge on any atom is 0.312 e. The van der Waals surface area contributed by atoms with E-state index in [1.54, 1.807) is 67.1 Å². The van der Waals surface area contributed by atoms with Gasteiger partial charge >= 0.3 is 5.69 Å². The summed E-state index contributed by atoms with van der Waals surface area (Å²) in [4.78, 5) is 35.3. The molecule has 0 unspecified atom stereocenters. The number of rotatable bonds is 7. The quantitative estimate of drug-likeness (QED) is 0.419. The van der Waals surface area contributed by atoms with Crippen LogP contribution in [0, 0.1) is 24.0 Å². The average molecular weight is 451 g/mol. The Labute approximate surface area is 190 Å². The maximum absolute atomic E-state index is 12.4. The molecule has 10 nitrogen and oxygen atoms in total. The fraction of sp³-hybridized carbons (Fsp3) is 0.261. The van der Waals surface area contributed by atoms with Crippen LogP contribution >= 0.6 is 0 Å². The number of nitrogens with zero attached hydrogens (tertiary/aromatic N) is 3. The summed E-state index contributed by atoms with van der Waals surface area (Å²) in [7, 11) is 0. The molecule has 10 heteroatoms. The molecule has 2 N–H and O–H groups in total. The van der Waals surface area contributed by atoms with Gasteiger partial charge in [-0.25, -0.2) is 0 Å². The molecular formula is C23H25N5O5. The Bertz CT molecular complexity index is 1170. The topological polar surface area (TPSA) is 128 Å². The van der Waals surface area contributed by atoms with Gasteiger partial charge in [-0.3, -0.25) is 35.2 Å². The van der Waals surface area contributed by atoms with Crippen LogP contribution in [-0.4, -0.2) is 32.6 Å². The van der Waals surface area contributed by atoms with E-state index < -0.39 is 16.7 Å². The number of nitrogens with one attached hydrogen (secondary N) is 2. The number of hydrogen-bond donors (Lipinski definition) is 2. The second-order valence-electron chi connectivity index (χ2n) is 7.73. The zero-order valence-electron chi connectivity index (χ0n) is 18.8. The van der Waals surface area contributed by atoms with Crippen LogP contribution in [0.4, 0.5) is 5.69 Å². The van der Waals surface area contributed by atoms with Crippen molar-refractivity contribution in [3.05, 3.63) is 86.7 Å². The van der Waals surface area contributed by atoms with Crippen LogP contribution in [0.1, 0.15) is 51.5 Å². The number of carbonyl (C=O) groups is 2. The molecule has 0 spiro atoms. The van der Waals surface area contributed by atoms with Crippen LogP contribution in [0.5, 0.6) is 5.75 Å². The summed E-state index contributed by atoms with van der Waals surface area (Å²) in [5, 5.41) is 15.4. The zero-order chi connectivity index (χ0) is 24.1. The van der Waals surface area contributed by atoms with Gasteiger partial charge in [0.25, 0.3) is 11.8 Å². The van der Waals surface area contributed by atoms with Gasteiger partial charge in [0, 0.05) is 11.1 Å². The van der Waals surface area contributed by atoms with Crippen molar-refractivity contribution in [1.82, 2.24) is 20.6 Å². The molecule has 3 aromatic rings. The standard InChI is InChI=1S/C23H25N5O5/c1-14(2)33-20-11-9-19(10-12-20)23(30)25-24-22(29)18-7-5-17(6-8-18)13-27-16(4)21(28(31)32)15(3)26-27/h5-12,14H,13H2,1-4H3,(H,24,29)(H,25,30). The molecule has 1 heterocycles. The highest BCUT2D eigenvalue weighted by atomic mass is 16.6. The van der Waals surface area contributed by atoms with E-state index in [1.807, 2.05) is 13.8 Å². The molecule has 0 atom stereocenters. The molecule has 0 bridgehead atoms. The number of amides is 2. The molecule has 1 aromatic heterocycles. The fourth-order valence-corrected chi connectivity index (χ4v) is 3.26. The lowest BCUT2D eigenvalue weighted by Gasteiger charge is -2.11. The Morgan fingerprint density at radius 1 is 1.00 bits per heavy atom. The van der Waals surface area contributed by atoms with Crippen molar-refractivity contribution in [1.29, 1.82) is 0 Å². The van der Waals surface area contributed by atoms with Gasteiger partial charge in [0.2, 0.25) is 0 Å². The summed E-state index contributed by atoms with van der Waals surface area (Å²) in [6, 6.07) is 13.3. The average Bonchev–Trinajstić information content (AvgIpc) is 3.05. The van der Waals surface area contributed by atoms with E-state index in [-0.39, 0.29) is 11.8 Å². The van der Waals surface area contributed by atoms with E-state index in [0.717, 1.165) is 5.56 Å². The Hall–Kier alpha value is -4.21. The molecule has 172 valence electrons. The van der Waals surface area contributed by atoms with Gasteiger partial charge in [-0.2, -0.15) is 5.10 Å². The summed E-state index contributed by atoms with van der Waals surface area (Å²) in [6.45, 7) is 7.39. The second-order valence-corrected chi connectivity index (χ2v) is 7.73. The first-order valence-electron chi connectivity index (χ1n) is 10.3. The zero-order valence-corrected chi connectivity index (χ0v) is 18.8. The molecule has 2 amide bonds. The fourth-order valence-electron chi connectivity index (χ4n) is 3.26. The number of benzene rings is 2. The highest BCUT2D eigenvalue weighted by Gasteiger charge is 2.21. The van der Waals surface area contributed by atoms with Crippen molar-refractivity contribution < 1.29 is 19.2 Å². The lowest BCUT2D eigenvalue weighted by Crippen LogP contribution is -2.41. The lowest BCUT2D eigenvalue weighted by atomic mass is 10.1. The molecule has 0 radical (unpaired) electrons. The van der Waals surface area contributed by atoms with Gasteiger partial charge < -0.3 is 4.74 Å². The number of nitro groups is 1. The molecule has 0 aliphatic rings. The Kier molecular flexibility index (Phi) is 7.07. The molecule has 0 fully saturated rings. The van der Waals surface area contributed by atoms with Crippen LogP contribution in [0.3, 0.4) is 0 Å². The van der Waals surface area contributed by atoms with Gasteiger partial charge in [0.1, 0.15) is 17.1 Å². The second kappa shape index (κ2) is 9.94. The first-order chi connectivity index (χ1) is 15.7.